The molecule has 5 nitrogen and oxygen atoms in total. The van der Waals surface area contributed by atoms with Crippen LogP contribution in [0.4, 0.5) is 5.82 Å². The average molecular weight is 396 g/mol. The van der Waals surface area contributed by atoms with E-state index in [0.29, 0.717) is 5.92 Å². The minimum Gasteiger partial charge on any atom is -0.355 e. The van der Waals surface area contributed by atoms with E-state index in [-0.39, 0.29) is 5.54 Å². The zero-order valence-electron chi connectivity index (χ0n) is 17.3. The van der Waals surface area contributed by atoms with E-state index in [1.807, 2.05) is 26.0 Å². The molecule has 0 bridgehead atoms. The van der Waals surface area contributed by atoms with Crippen LogP contribution >= 0.6 is 0 Å². The molecule has 1 aliphatic rings. The van der Waals surface area contributed by atoms with Crippen molar-refractivity contribution in [2.45, 2.75) is 25.3 Å². The first-order valence-electron chi connectivity index (χ1n) is 10.3. The van der Waals surface area contributed by atoms with Gasteiger partial charge in [-0.2, -0.15) is 0 Å². The Morgan fingerprint density at radius 3 is 2.40 bits per heavy atom. The van der Waals surface area contributed by atoms with Crippen LogP contribution in [0.2, 0.25) is 0 Å². The van der Waals surface area contributed by atoms with Crippen molar-refractivity contribution in [3.8, 4) is 11.3 Å². The summed E-state index contributed by atoms with van der Waals surface area (Å²) in [7, 11) is 0. The molecule has 0 spiro atoms. The van der Waals surface area contributed by atoms with Crippen molar-refractivity contribution in [3.63, 3.8) is 0 Å². The second-order valence-electron chi connectivity index (χ2n) is 8.55. The van der Waals surface area contributed by atoms with Gasteiger partial charge in [0.15, 0.2) is 0 Å². The molecular weight excluding hydrogens is 370 g/mol. The van der Waals surface area contributed by atoms with Crippen molar-refractivity contribution in [2.75, 3.05) is 18.0 Å². The van der Waals surface area contributed by atoms with E-state index in [4.69, 9.17) is 15.7 Å². The fraction of sp³-hybridized carbons (Fsp3) is 0.240. The summed E-state index contributed by atoms with van der Waals surface area (Å²) in [5.41, 5.74) is 11.1. The predicted octanol–water partition coefficient (Wildman–Crippen LogP) is 4.49. The molecule has 0 aliphatic carbocycles. The zero-order chi connectivity index (χ0) is 20.7. The van der Waals surface area contributed by atoms with Crippen LogP contribution in [0.3, 0.4) is 0 Å². The van der Waals surface area contributed by atoms with Crippen LogP contribution in [0, 0.1) is 0 Å². The molecule has 5 rings (SSSR count). The van der Waals surface area contributed by atoms with Gasteiger partial charge in [0.05, 0.1) is 16.9 Å². The van der Waals surface area contributed by atoms with Crippen molar-refractivity contribution in [2.24, 2.45) is 5.73 Å². The van der Waals surface area contributed by atoms with Crippen LogP contribution < -0.4 is 10.6 Å². The van der Waals surface area contributed by atoms with Gasteiger partial charge in [0.1, 0.15) is 5.82 Å². The van der Waals surface area contributed by atoms with Gasteiger partial charge >= 0.3 is 0 Å². The van der Waals surface area contributed by atoms with Crippen LogP contribution in [0.15, 0.2) is 73.1 Å². The molecular formula is C25H25N5. The van der Waals surface area contributed by atoms with Crippen LogP contribution in [0.1, 0.15) is 31.0 Å². The highest BCUT2D eigenvalue weighted by Gasteiger charge is 2.32. The quantitative estimate of drug-likeness (QED) is 0.551. The van der Waals surface area contributed by atoms with E-state index < -0.39 is 0 Å². The molecule has 0 unspecified atom stereocenters. The molecule has 1 aliphatic heterocycles. The molecule has 3 heterocycles. The Hall–Kier alpha value is -3.31. The smallest absolute Gasteiger partial charge is 0.129 e. The number of nitrogens with two attached hydrogens (primary N) is 1. The van der Waals surface area contributed by atoms with E-state index >= 15 is 0 Å². The summed E-state index contributed by atoms with van der Waals surface area (Å²) in [4.78, 5) is 16.5. The highest BCUT2D eigenvalue weighted by molar-refractivity contribution is 5.80. The minimum absolute atomic E-state index is 0.340. The summed E-state index contributed by atoms with van der Waals surface area (Å²) in [6, 6.07) is 20.8. The summed E-state index contributed by atoms with van der Waals surface area (Å²) in [5.74, 6) is 1.36. The lowest BCUT2D eigenvalue weighted by Gasteiger charge is -2.40. The monoisotopic (exact) mass is 395 g/mol. The third kappa shape index (κ3) is 3.42. The van der Waals surface area contributed by atoms with E-state index in [1.54, 1.807) is 12.4 Å². The van der Waals surface area contributed by atoms with Crippen LogP contribution in [0.5, 0.6) is 0 Å². The lowest BCUT2D eigenvalue weighted by atomic mass is 9.90. The number of aromatic nitrogens is 3. The second-order valence-corrected chi connectivity index (χ2v) is 8.55. The normalized spacial score (nSPS) is 14.7. The molecule has 0 atom stereocenters. The van der Waals surface area contributed by atoms with Crippen molar-refractivity contribution in [3.05, 3.63) is 84.3 Å². The fourth-order valence-corrected chi connectivity index (χ4v) is 4.00. The number of benzene rings is 2. The molecule has 0 amide bonds. The largest absolute Gasteiger partial charge is 0.355 e. The molecule has 2 N–H and O–H groups in total. The van der Waals surface area contributed by atoms with Gasteiger partial charge in [-0.15, -0.1) is 0 Å². The Bertz CT molecular complexity index is 1190. The average Bonchev–Trinajstić information content (AvgIpc) is 2.72. The van der Waals surface area contributed by atoms with Gasteiger partial charge in [-0.3, -0.25) is 9.97 Å². The maximum absolute atomic E-state index is 6.22. The molecule has 150 valence electrons. The summed E-state index contributed by atoms with van der Waals surface area (Å²) in [6.07, 6.45) is 3.55. The van der Waals surface area contributed by atoms with E-state index in [0.717, 1.165) is 46.9 Å². The summed E-state index contributed by atoms with van der Waals surface area (Å²) < 4.78 is 0. The number of rotatable bonds is 4. The molecule has 4 aromatic rings. The first-order chi connectivity index (χ1) is 14.5. The molecule has 30 heavy (non-hydrogen) atoms. The van der Waals surface area contributed by atoms with Gasteiger partial charge in [-0.1, -0.05) is 42.5 Å². The standard InChI is InChI=1S/C25H25N5/c1-25(2,26)20-10-7-18(8-11-20)23-24(28-14-13-27-23)19-15-30(16-19)22-12-9-17-5-3-4-6-21(17)29-22/h3-14,19H,15-16,26H2,1-2H3. The van der Waals surface area contributed by atoms with Crippen molar-refractivity contribution in [1.82, 2.24) is 15.0 Å². The number of anilines is 1. The highest BCUT2D eigenvalue weighted by atomic mass is 15.2. The van der Waals surface area contributed by atoms with Gasteiger partial charge in [-0.05, 0) is 37.6 Å². The molecule has 5 heteroatoms. The number of hydrogen-bond acceptors (Lipinski definition) is 5. The van der Waals surface area contributed by atoms with Crippen molar-refractivity contribution >= 4 is 16.7 Å². The number of nitrogens with zero attached hydrogens (tertiary/aromatic N) is 4. The van der Waals surface area contributed by atoms with E-state index in [2.05, 4.69) is 58.4 Å². The van der Waals surface area contributed by atoms with Gasteiger partial charge in [0.2, 0.25) is 0 Å². The number of fused-ring (bicyclic) bond motifs is 1. The third-order valence-electron chi connectivity index (χ3n) is 5.80. The summed E-state index contributed by atoms with van der Waals surface area (Å²) >= 11 is 0. The number of para-hydroxylation sites is 1. The SMILES string of the molecule is CC(C)(N)c1ccc(-c2nccnc2C2CN(c3ccc4ccccc4n3)C2)cc1. The van der Waals surface area contributed by atoms with Crippen LogP contribution in [-0.4, -0.2) is 28.0 Å². The summed E-state index contributed by atoms with van der Waals surface area (Å²) in [5, 5.41) is 1.17. The predicted molar refractivity (Wildman–Crippen MR) is 121 cm³/mol. The third-order valence-corrected chi connectivity index (χ3v) is 5.80. The zero-order valence-corrected chi connectivity index (χ0v) is 17.3. The molecule has 1 saturated heterocycles. The maximum Gasteiger partial charge on any atom is 0.129 e. The molecule has 2 aromatic carbocycles. The second kappa shape index (κ2) is 7.18. The lowest BCUT2D eigenvalue weighted by molar-refractivity contribution is 0.509. The Morgan fingerprint density at radius 2 is 1.63 bits per heavy atom. The van der Waals surface area contributed by atoms with Crippen molar-refractivity contribution < 1.29 is 0 Å². The lowest BCUT2D eigenvalue weighted by Crippen LogP contribution is -2.46. The van der Waals surface area contributed by atoms with Gasteiger partial charge in [-0.25, -0.2) is 4.98 Å². The molecule has 0 radical (unpaired) electrons. The first-order valence-corrected chi connectivity index (χ1v) is 10.3. The highest BCUT2D eigenvalue weighted by Crippen LogP contribution is 2.35. The van der Waals surface area contributed by atoms with Gasteiger partial charge in [0, 0.05) is 47.9 Å². The number of hydrogen-bond donors (Lipinski definition) is 1. The fourth-order valence-electron chi connectivity index (χ4n) is 4.00. The maximum atomic E-state index is 6.22. The van der Waals surface area contributed by atoms with Crippen LogP contribution in [0.25, 0.3) is 22.2 Å². The molecule has 2 aromatic heterocycles. The Balaban J connectivity index is 1.37. The van der Waals surface area contributed by atoms with Gasteiger partial charge < -0.3 is 10.6 Å². The molecule has 1 fully saturated rings. The van der Waals surface area contributed by atoms with E-state index in [1.165, 1.54) is 5.39 Å². The Labute approximate surface area is 176 Å². The van der Waals surface area contributed by atoms with Gasteiger partial charge in [0.25, 0.3) is 0 Å². The Kier molecular flexibility index (Phi) is 4.48. The van der Waals surface area contributed by atoms with Crippen LogP contribution in [-0.2, 0) is 5.54 Å². The minimum atomic E-state index is -0.356. The number of pyridine rings is 1. The Morgan fingerprint density at radius 1 is 0.900 bits per heavy atom. The summed E-state index contributed by atoms with van der Waals surface area (Å²) in [6.45, 7) is 5.81. The molecule has 0 saturated carbocycles. The van der Waals surface area contributed by atoms with Crippen molar-refractivity contribution in [1.29, 1.82) is 0 Å². The van der Waals surface area contributed by atoms with E-state index in [9.17, 15) is 0 Å². The topological polar surface area (TPSA) is 67.9 Å². The first kappa shape index (κ1) is 18.7.